The zero-order valence-electron chi connectivity index (χ0n) is 55.7. The Labute approximate surface area is 524 Å². The number of rotatable bonds is 5. The summed E-state index contributed by atoms with van der Waals surface area (Å²) in [5, 5.41) is 38.4. The Morgan fingerprint density at radius 2 is 0.494 bits per heavy atom. The highest BCUT2D eigenvalue weighted by Gasteiger charge is 2.34. The highest BCUT2D eigenvalue weighted by atomic mass is 14.4. The van der Waals surface area contributed by atoms with Crippen molar-refractivity contribution in [1.29, 1.82) is 0 Å². The van der Waals surface area contributed by atoms with Crippen molar-refractivity contribution in [2.24, 2.45) is 0 Å². The van der Waals surface area contributed by atoms with Crippen molar-refractivity contribution in [3.05, 3.63) is 191 Å². The minimum absolute atomic E-state index is 0.0876. The molecule has 17 aromatic rings. The third-order valence-corrected chi connectivity index (χ3v) is 21.8. The molecular weight excluding hydrogens is 1070 g/mol. The summed E-state index contributed by atoms with van der Waals surface area (Å²) >= 11 is 0. The maximum Gasteiger partial charge on any atom is -0.000708 e. The van der Waals surface area contributed by atoms with Crippen molar-refractivity contribution >= 4 is 151 Å². The van der Waals surface area contributed by atoms with Crippen LogP contribution in [0.2, 0.25) is 0 Å². The van der Waals surface area contributed by atoms with Gasteiger partial charge in [-0.1, -0.05) is 270 Å². The molecule has 0 radical (unpaired) electrons. The summed E-state index contributed by atoms with van der Waals surface area (Å²) in [6.07, 6.45) is 0. The monoisotopic (exact) mass is 1150 g/mol. The van der Waals surface area contributed by atoms with Crippen molar-refractivity contribution < 1.29 is 0 Å². The van der Waals surface area contributed by atoms with Gasteiger partial charge in [0, 0.05) is 0 Å². The summed E-state index contributed by atoms with van der Waals surface area (Å²) < 4.78 is 0. The lowest BCUT2D eigenvalue weighted by molar-refractivity contribution is 0.568. The van der Waals surface area contributed by atoms with Crippen molar-refractivity contribution in [2.45, 2.75) is 164 Å². The van der Waals surface area contributed by atoms with Crippen LogP contribution in [-0.2, 0) is 21.7 Å². The Morgan fingerprint density at radius 1 is 0.213 bits per heavy atom. The summed E-state index contributed by atoms with van der Waals surface area (Å²) in [7, 11) is 0. The highest BCUT2D eigenvalue weighted by Crippen LogP contribution is 2.60. The fourth-order valence-corrected chi connectivity index (χ4v) is 16.9. The van der Waals surface area contributed by atoms with Crippen LogP contribution in [0.1, 0.15) is 181 Å². The molecular formula is C89H82. The Balaban J connectivity index is 1.11. The SMILES string of the molecule is CC(C)c1cc2cc(C(C)C)cc3c4c(-c5cc(C(C)(C)C)cc(C(C)(C)C)c5)c5c6ccc7c8ccc9c%10c(ccc(c%11ccc(c5c(-c5cc(C(C)(C)C)cc(C(C)(C)C)c5)c4c(c1)c23)c6c%117)c8%10)c1cc2cc(C(C)C)cc3c4ccccc4c(c23)c19. The van der Waals surface area contributed by atoms with E-state index in [4.69, 9.17) is 0 Å². The molecule has 0 fully saturated rings. The first-order valence-electron chi connectivity index (χ1n) is 33.3. The first-order chi connectivity index (χ1) is 42.1. The standard InChI is InChI=1S/C89H82/c1-44(2)47-33-51-41-69-64-24-23-60-62-26-29-66-79-67(30-27-63(77(62)79)61-25-28-65(78(64)76(60)61)80(69)81-59-22-20-19-21-58(59)68(38-47)73(51)81)83-75(53-36-56(88(13,14)15)43-57(37-53)89(16,17)18)85-71-40-49(46(5)6)32-50-31-48(45(3)4)39-70(72(50)71)84(85)74(82(66)83)52-34-54(86(7,8)9)42-55(35-52)87(10,11)12/h19-46H,1-18H3. The van der Waals surface area contributed by atoms with E-state index in [0.717, 1.165) is 0 Å². The van der Waals surface area contributed by atoms with Gasteiger partial charge < -0.3 is 0 Å². The van der Waals surface area contributed by atoms with Crippen LogP contribution in [0.5, 0.6) is 0 Å². The number of hydrogen-bond acceptors (Lipinski definition) is 0. The van der Waals surface area contributed by atoms with E-state index in [1.165, 1.54) is 212 Å². The summed E-state index contributed by atoms with van der Waals surface area (Å²) in [6.45, 7) is 43.0. The molecule has 0 atom stereocenters. The fraction of sp³-hybridized carbons (Fsp3) is 0.281. The Bertz CT molecular complexity index is 5590. The van der Waals surface area contributed by atoms with Crippen LogP contribution in [0.4, 0.5) is 0 Å². The minimum atomic E-state index is -0.0876. The van der Waals surface area contributed by atoms with Gasteiger partial charge in [-0.05, 0) is 257 Å². The Morgan fingerprint density at radius 3 is 0.888 bits per heavy atom. The van der Waals surface area contributed by atoms with Crippen molar-refractivity contribution in [2.75, 3.05) is 0 Å². The highest BCUT2D eigenvalue weighted by molar-refractivity contribution is 6.52. The lowest BCUT2D eigenvalue weighted by atomic mass is 9.76. The smallest absolute Gasteiger partial charge is 0.000708 e. The Kier molecular flexibility index (Phi) is 10.9. The van der Waals surface area contributed by atoms with E-state index >= 15 is 0 Å². The molecule has 0 heteroatoms. The van der Waals surface area contributed by atoms with Gasteiger partial charge in [0.25, 0.3) is 0 Å². The van der Waals surface area contributed by atoms with Crippen molar-refractivity contribution in [1.82, 2.24) is 0 Å². The molecule has 0 aromatic heterocycles. The average Bonchev–Trinajstić information content (AvgIpc) is 1.53. The molecule has 0 aliphatic heterocycles. The van der Waals surface area contributed by atoms with Gasteiger partial charge in [-0.15, -0.1) is 0 Å². The third kappa shape index (κ3) is 7.41. The van der Waals surface area contributed by atoms with Crippen LogP contribution < -0.4 is 0 Å². The molecule has 0 N–H and O–H groups in total. The molecule has 0 unspecified atom stereocenters. The van der Waals surface area contributed by atoms with Gasteiger partial charge >= 0.3 is 0 Å². The second kappa shape index (κ2) is 17.8. The van der Waals surface area contributed by atoms with Gasteiger partial charge in [0.2, 0.25) is 0 Å². The zero-order chi connectivity index (χ0) is 61.9. The molecule has 17 aromatic carbocycles. The second-order valence-corrected chi connectivity index (χ2v) is 32.6. The van der Waals surface area contributed by atoms with Gasteiger partial charge in [-0.3, -0.25) is 0 Å². The zero-order valence-corrected chi connectivity index (χ0v) is 55.7. The van der Waals surface area contributed by atoms with E-state index in [-0.39, 0.29) is 21.7 Å². The van der Waals surface area contributed by atoms with Crippen LogP contribution in [0.3, 0.4) is 0 Å². The lowest BCUT2D eigenvalue weighted by Crippen LogP contribution is -2.16. The van der Waals surface area contributed by atoms with Crippen LogP contribution in [0.15, 0.2) is 152 Å². The maximum atomic E-state index is 2.61. The van der Waals surface area contributed by atoms with E-state index in [1.54, 1.807) is 0 Å². The molecule has 0 saturated carbocycles. The van der Waals surface area contributed by atoms with Crippen molar-refractivity contribution in [3.63, 3.8) is 0 Å². The van der Waals surface area contributed by atoms with Gasteiger partial charge in [-0.2, -0.15) is 0 Å². The fourth-order valence-electron chi connectivity index (χ4n) is 16.9. The van der Waals surface area contributed by atoms with E-state index in [2.05, 4.69) is 276 Å². The van der Waals surface area contributed by atoms with Gasteiger partial charge in [0.1, 0.15) is 0 Å². The lowest BCUT2D eigenvalue weighted by Gasteiger charge is -2.28. The minimum Gasteiger partial charge on any atom is -0.0616 e. The van der Waals surface area contributed by atoms with Crippen LogP contribution in [0.25, 0.3) is 173 Å². The first-order valence-corrected chi connectivity index (χ1v) is 33.3. The summed E-state index contributed by atoms with van der Waals surface area (Å²) in [5.74, 6) is 1.13. The van der Waals surface area contributed by atoms with E-state index in [0.29, 0.717) is 17.8 Å². The number of benzene rings is 13. The quantitative estimate of drug-likeness (QED) is 0.119. The Hall–Kier alpha value is -8.32. The van der Waals surface area contributed by atoms with Crippen LogP contribution in [-0.4, -0.2) is 0 Å². The summed E-state index contributed by atoms with van der Waals surface area (Å²) in [6, 6.07) is 62.7. The van der Waals surface area contributed by atoms with E-state index in [9.17, 15) is 0 Å². The molecule has 0 aliphatic carbocycles. The number of hydrogen-bond donors (Lipinski definition) is 0. The predicted octanol–water partition coefficient (Wildman–Crippen LogP) is 26.9. The molecule has 438 valence electrons. The largest absolute Gasteiger partial charge is 0.0616 e. The van der Waals surface area contributed by atoms with Gasteiger partial charge in [0.15, 0.2) is 0 Å². The predicted molar refractivity (Wildman–Crippen MR) is 395 cm³/mol. The normalized spacial score (nSPS) is 13.8. The second-order valence-electron chi connectivity index (χ2n) is 32.6. The summed E-state index contributed by atoms with van der Waals surface area (Å²) in [5.41, 5.74) is 14.7. The average molecular weight is 1150 g/mol. The summed E-state index contributed by atoms with van der Waals surface area (Å²) in [4.78, 5) is 0. The third-order valence-electron chi connectivity index (χ3n) is 21.8. The maximum absolute atomic E-state index is 2.61. The van der Waals surface area contributed by atoms with Crippen LogP contribution in [0, 0.1) is 0 Å². The van der Waals surface area contributed by atoms with Gasteiger partial charge in [0.05, 0.1) is 0 Å². The molecule has 0 amide bonds. The van der Waals surface area contributed by atoms with Crippen LogP contribution >= 0.6 is 0 Å². The molecule has 0 bridgehead atoms. The van der Waals surface area contributed by atoms with Crippen molar-refractivity contribution in [3.8, 4) is 22.3 Å². The molecule has 17 rings (SSSR count). The topological polar surface area (TPSA) is 0 Å². The first kappa shape index (κ1) is 54.8. The molecule has 89 heavy (non-hydrogen) atoms. The number of fused-ring (bicyclic) bond motifs is 15. The molecule has 0 saturated heterocycles. The van der Waals surface area contributed by atoms with E-state index < -0.39 is 0 Å². The van der Waals surface area contributed by atoms with Gasteiger partial charge in [-0.25, -0.2) is 0 Å². The molecule has 0 heterocycles. The van der Waals surface area contributed by atoms with E-state index in [1.807, 2.05) is 0 Å². The molecule has 0 aliphatic rings. The molecule has 0 spiro atoms. The molecule has 0 nitrogen and oxygen atoms in total.